The van der Waals surface area contributed by atoms with E-state index in [2.05, 4.69) is 5.32 Å². The van der Waals surface area contributed by atoms with Gasteiger partial charge in [-0.2, -0.15) is 5.26 Å². The number of amides is 1. The molecule has 31 heavy (non-hydrogen) atoms. The first kappa shape index (κ1) is 21.6. The van der Waals surface area contributed by atoms with Crippen molar-refractivity contribution in [2.24, 2.45) is 0 Å². The van der Waals surface area contributed by atoms with Crippen LogP contribution in [0.4, 0.5) is 0 Å². The Balaban J connectivity index is 1.53. The van der Waals surface area contributed by atoms with E-state index in [1.807, 2.05) is 66.7 Å². The first-order valence-electron chi connectivity index (χ1n) is 9.81. The van der Waals surface area contributed by atoms with Crippen LogP contribution in [0.1, 0.15) is 22.7 Å². The van der Waals surface area contributed by atoms with Crippen molar-refractivity contribution in [1.29, 1.82) is 5.26 Å². The van der Waals surface area contributed by atoms with E-state index < -0.39 is 25.1 Å². The van der Waals surface area contributed by atoms with Crippen molar-refractivity contribution in [3.63, 3.8) is 0 Å². The molecule has 0 heterocycles. The van der Waals surface area contributed by atoms with Crippen molar-refractivity contribution < 1.29 is 19.1 Å². The van der Waals surface area contributed by atoms with Gasteiger partial charge in [0.1, 0.15) is 11.8 Å². The van der Waals surface area contributed by atoms with Gasteiger partial charge in [0, 0.05) is 0 Å². The van der Waals surface area contributed by atoms with E-state index in [9.17, 15) is 9.59 Å². The highest BCUT2D eigenvalue weighted by molar-refractivity contribution is 5.81. The summed E-state index contributed by atoms with van der Waals surface area (Å²) in [6, 6.07) is 27.8. The Morgan fingerprint density at radius 1 is 0.871 bits per heavy atom. The van der Waals surface area contributed by atoms with Crippen LogP contribution in [-0.4, -0.2) is 25.1 Å². The summed E-state index contributed by atoms with van der Waals surface area (Å²) < 4.78 is 10.3. The monoisotopic (exact) mass is 414 g/mol. The highest BCUT2D eigenvalue weighted by Gasteiger charge is 2.17. The number of carbonyl (C=O) groups excluding carboxylic acids is 2. The lowest BCUT2D eigenvalue weighted by atomic mass is 9.99. The molecule has 0 radical (unpaired) electrons. The Bertz CT molecular complexity index is 1050. The molecule has 0 fully saturated rings. The Hall–Kier alpha value is -4.11. The molecule has 0 saturated heterocycles. The van der Waals surface area contributed by atoms with Gasteiger partial charge in [-0.05, 0) is 29.7 Å². The van der Waals surface area contributed by atoms with Crippen LogP contribution in [0.2, 0.25) is 0 Å². The smallest absolute Gasteiger partial charge is 0.344 e. The van der Waals surface area contributed by atoms with E-state index in [0.29, 0.717) is 17.7 Å². The fourth-order valence-electron chi connectivity index (χ4n) is 3.03. The maximum absolute atomic E-state index is 12.4. The second-order valence-electron chi connectivity index (χ2n) is 6.78. The third kappa shape index (κ3) is 6.72. The van der Waals surface area contributed by atoms with Crippen molar-refractivity contribution >= 4 is 11.9 Å². The lowest BCUT2D eigenvalue weighted by Gasteiger charge is -2.19. The molecule has 6 nitrogen and oxygen atoms in total. The van der Waals surface area contributed by atoms with E-state index in [0.717, 1.165) is 11.1 Å². The largest absolute Gasteiger partial charge is 0.481 e. The average Bonchev–Trinajstić information content (AvgIpc) is 2.82. The number of benzene rings is 3. The van der Waals surface area contributed by atoms with Crippen LogP contribution in [0.3, 0.4) is 0 Å². The van der Waals surface area contributed by atoms with Crippen LogP contribution >= 0.6 is 0 Å². The van der Waals surface area contributed by atoms with E-state index in [1.54, 1.807) is 24.3 Å². The third-order valence-corrected chi connectivity index (χ3v) is 4.54. The van der Waals surface area contributed by atoms with Crippen LogP contribution in [0.25, 0.3) is 0 Å². The number of para-hydroxylation sites is 1. The van der Waals surface area contributed by atoms with E-state index in [1.165, 1.54) is 0 Å². The van der Waals surface area contributed by atoms with Crippen molar-refractivity contribution in [3.8, 4) is 11.8 Å². The topological polar surface area (TPSA) is 88.4 Å². The second kappa shape index (κ2) is 11.2. The van der Waals surface area contributed by atoms with Gasteiger partial charge < -0.3 is 14.8 Å². The van der Waals surface area contributed by atoms with Gasteiger partial charge in [0.25, 0.3) is 5.91 Å². The summed E-state index contributed by atoms with van der Waals surface area (Å²) in [6.45, 7) is -0.807. The summed E-state index contributed by atoms with van der Waals surface area (Å²) in [6.07, 6.45) is 0.610. The molecule has 0 saturated carbocycles. The van der Waals surface area contributed by atoms with Crippen LogP contribution in [0.5, 0.6) is 5.75 Å². The standard InChI is InChI=1S/C25H22N2O4/c26-16-21-13-7-8-14-23(21)30-18-25(29)31-17-24(28)27-22(20-11-5-2-6-12-20)15-19-9-3-1-4-10-19/h1-14,22H,15,17-18H2,(H,27,28)/t22-/m1/s1. The van der Waals surface area contributed by atoms with Crippen LogP contribution < -0.4 is 10.1 Å². The minimum Gasteiger partial charge on any atom is -0.481 e. The Kier molecular flexibility index (Phi) is 7.78. The summed E-state index contributed by atoms with van der Waals surface area (Å²) >= 11 is 0. The quantitative estimate of drug-likeness (QED) is 0.541. The highest BCUT2D eigenvalue weighted by Crippen LogP contribution is 2.18. The van der Waals surface area contributed by atoms with Crippen molar-refractivity contribution in [2.75, 3.05) is 13.2 Å². The maximum Gasteiger partial charge on any atom is 0.344 e. The number of esters is 1. The molecule has 0 aliphatic heterocycles. The van der Waals surface area contributed by atoms with Crippen molar-refractivity contribution in [2.45, 2.75) is 12.5 Å². The molecule has 1 N–H and O–H groups in total. The zero-order chi connectivity index (χ0) is 21.9. The summed E-state index contributed by atoms with van der Waals surface area (Å²) in [5.74, 6) is -0.809. The van der Waals surface area contributed by atoms with Gasteiger partial charge >= 0.3 is 5.97 Å². The zero-order valence-electron chi connectivity index (χ0n) is 16.9. The molecule has 6 heteroatoms. The Morgan fingerprint density at radius 3 is 2.23 bits per heavy atom. The number of carbonyl (C=O) groups is 2. The van der Waals surface area contributed by atoms with Gasteiger partial charge in [-0.3, -0.25) is 4.79 Å². The molecular weight excluding hydrogens is 392 g/mol. The zero-order valence-corrected chi connectivity index (χ0v) is 16.9. The molecule has 0 aliphatic carbocycles. The minimum absolute atomic E-state index is 0.256. The first-order valence-corrected chi connectivity index (χ1v) is 9.81. The number of nitrogens with one attached hydrogen (secondary N) is 1. The Morgan fingerprint density at radius 2 is 1.52 bits per heavy atom. The number of nitrogens with zero attached hydrogens (tertiary/aromatic N) is 1. The van der Waals surface area contributed by atoms with Gasteiger partial charge in [-0.25, -0.2) is 4.79 Å². The predicted octanol–water partition coefficient (Wildman–Crippen LogP) is 3.58. The number of hydrogen-bond acceptors (Lipinski definition) is 5. The normalized spacial score (nSPS) is 11.1. The van der Waals surface area contributed by atoms with E-state index in [-0.39, 0.29) is 6.04 Å². The van der Waals surface area contributed by atoms with Gasteiger partial charge in [-0.1, -0.05) is 72.8 Å². The SMILES string of the molecule is N#Cc1ccccc1OCC(=O)OCC(=O)N[C@H](Cc1ccccc1)c1ccccc1. The van der Waals surface area contributed by atoms with E-state index >= 15 is 0 Å². The summed E-state index contributed by atoms with van der Waals surface area (Å²) in [7, 11) is 0. The molecule has 0 spiro atoms. The van der Waals surface area contributed by atoms with Crippen molar-refractivity contribution in [3.05, 3.63) is 102 Å². The Labute approximate surface area is 181 Å². The number of rotatable bonds is 9. The molecule has 0 unspecified atom stereocenters. The van der Waals surface area contributed by atoms with Crippen LogP contribution in [0, 0.1) is 11.3 Å². The lowest BCUT2D eigenvalue weighted by Crippen LogP contribution is -2.34. The fourth-order valence-corrected chi connectivity index (χ4v) is 3.03. The van der Waals surface area contributed by atoms with Gasteiger partial charge in [0.15, 0.2) is 13.2 Å². The summed E-state index contributed by atoms with van der Waals surface area (Å²) in [4.78, 5) is 24.4. The molecule has 1 atom stereocenters. The summed E-state index contributed by atoms with van der Waals surface area (Å²) in [5.41, 5.74) is 2.36. The molecular formula is C25H22N2O4. The van der Waals surface area contributed by atoms with E-state index in [4.69, 9.17) is 14.7 Å². The number of nitriles is 1. The fraction of sp³-hybridized carbons (Fsp3) is 0.160. The van der Waals surface area contributed by atoms with Gasteiger partial charge in [-0.15, -0.1) is 0 Å². The molecule has 3 aromatic carbocycles. The number of hydrogen-bond donors (Lipinski definition) is 1. The maximum atomic E-state index is 12.4. The molecule has 156 valence electrons. The first-order chi connectivity index (χ1) is 15.2. The average molecular weight is 414 g/mol. The minimum atomic E-state index is -0.692. The summed E-state index contributed by atoms with van der Waals surface area (Å²) in [5, 5.41) is 12.0. The molecule has 1 amide bonds. The molecule has 3 rings (SSSR count). The third-order valence-electron chi connectivity index (χ3n) is 4.54. The van der Waals surface area contributed by atoms with Crippen molar-refractivity contribution in [1.82, 2.24) is 5.32 Å². The highest BCUT2D eigenvalue weighted by atomic mass is 16.6. The van der Waals surface area contributed by atoms with Crippen LogP contribution in [-0.2, 0) is 20.7 Å². The second-order valence-corrected chi connectivity index (χ2v) is 6.78. The van der Waals surface area contributed by atoms with Gasteiger partial charge in [0.05, 0.1) is 11.6 Å². The van der Waals surface area contributed by atoms with Gasteiger partial charge in [0.2, 0.25) is 0 Å². The predicted molar refractivity (Wildman–Crippen MR) is 115 cm³/mol. The molecule has 3 aromatic rings. The lowest BCUT2D eigenvalue weighted by molar-refractivity contribution is -0.150. The molecule has 0 aliphatic rings. The van der Waals surface area contributed by atoms with Crippen LogP contribution in [0.15, 0.2) is 84.9 Å². The molecule has 0 bridgehead atoms. The molecule has 0 aromatic heterocycles. The number of ether oxygens (including phenoxy) is 2.